The summed E-state index contributed by atoms with van der Waals surface area (Å²) in [6.45, 7) is 1.95. The molecule has 2 rings (SSSR count). The third-order valence-corrected chi connectivity index (χ3v) is 3.18. The Balaban J connectivity index is 2.11. The van der Waals surface area contributed by atoms with Gasteiger partial charge in [0.05, 0.1) is 5.02 Å². The maximum Gasteiger partial charge on any atom is 0.300 e. The van der Waals surface area contributed by atoms with E-state index in [4.69, 9.17) is 38.2 Å². The van der Waals surface area contributed by atoms with Crippen LogP contribution in [0.4, 0.5) is 0 Å². The first-order chi connectivity index (χ1) is 9.51. The number of hydrogen-bond donors (Lipinski definition) is 2. The topological polar surface area (TPSA) is 77.5 Å². The van der Waals surface area contributed by atoms with E-state index in [2.05, 4.69) is 0 Å². The molecule has 0 saturated carbocycles. The molecule has 1 amide bonds. The van der Waals surface area contributed by atoms with Gasteiger partial charge in [-0.2, -0.15) is 0 Å². The average Bonchev–Trinajstić information content (AvgIpc) is 2.78. The van der Waals surface area contributed by atoms with E-state index in [-0.39, 0.29) is 12.4 Å². The molecule has 2 aromatic rings. The smallest absolute Gasteiger partial charge is 0.300 e. The molecule has 0 aliphatic carbocycles. The zero-order valence-corrected chi connectivity index (χ0v) is 12.1. The highest BCUT2D eigenvalue weighted by Gasteiger charge is 2.14. The van der Waals surface area contributed by atoms with Gasteiger partial charge in [0.1, 0.15) is 18.1 Å². The number of carbonyl (C=O) groups is 1. The lowest BCUT2D eigenvalue weighted by molar-refractivity contribution is 0.0924. The van der Waals surface area contributed by atoms with Crippen LogP contribution in [-0.4, -0.2) is 5.91 Å². The number of aryl methyl sites for hydroxylation is 1. The summed E-state index contributed by atoms with van der Waals surface area (Å²) in [5.74, 6) is 5.75. The SMILES string of the molecule is Cc1oc(C(=O)NN)cc1COc1ccc(Cl)cc1Cl. The molecule has 7 heteroatoms. The Morgan fingerprint density at radius 2 is 2.15 bits per heavy atom. The monoisotopic (exact) mass is 314 g/mol. The fourth-order valence-corrected chi connectivity index (χ4v) is 2.06. The van der Waals surface area contributed by atoms with Crippen molar-refractivity contribution in [3.05, 3.63) is 51.4 Å². The largest absolute Gasteiger partial charge is 0.487 e. The molecule has 1 heterocycles. The molecular weight excluding hydrogens is 303 g/mol. The standard InChI is InChI=1S/C13H12Cl2N2O3/c1-7-8(4-12(20-7)13(18)17-16)6-19-11-3-2-9(14)5-10(11)15/h2-5H,6,16H2,1H3,(H,17,18). The van der Waals surface area contributed by atoms with Gasteiger partial charge in [-0.1, -0.05) is 23.2 Å². The van der Waals surface area contributed by atoms with Gasteiger partial charge >= 0.3 is 5.91 Å². The van der Waals surface area contributed by atoms with Crippen molar-refractivity contribution in [3.8, 4) is 5.75 Å². The molecular formula is C13H12Cl2N2O3. The lowest BCUT2D eigenvalue weighted by atomic mass is 10.2. The average molecular weight is 315 g/mol. The Morgan fingerprint density at radius 3 is 2.80 bits per heavy atom. The minimum absolute atomic E-state index is 0.130. The number of rotatable bonds is 4. The van der Waals surface area contributed by atoms with Crippen LogP contribution in [0.1, 0.15) is 21.9 Å². The summed E-state index contributed by atoms with van der Waals surface area (Å²) in [5.41, 5.74) is 2.73. The van der Waals surface area contributed by atoms with E-state index >= 15 is 0 Å². The number of ether oxygens (including phenoxy) is 1. The second-order valence-corrected chi connectivity index (χ2v) is 4.87. The Labute approximate surface area is 125 Å². The van der Waals surface area contributed by atoms with Crippen LogP contribution in [0.15, 0.2) is 28.7 Å². The Bertz CT molecular complexity index is 641. The van der Waals surface area contributed by atoms with Crippen LogP contribution >= 0.6 is 23.2 Å². The summed E-state index contributed by atoms with van der Waals surface area (Å²) in [7, 11) is 0. The van der Waals surface area contributed by atoms with E-state index in [1.54, 1.807) is 31.2 Å². The van der Waals surface area contributed by atoms with E-state index in [0.29, 0.717) is 21.6 Å². The minimum atomic E-state index is -0.496. The number of hydrazine groups is 1. The first kappa shape index (κ1) is 14.7. The van der Waals surface area contributed by atoms with Gasteiger partial charge in [0.25, 0.3) is 0 Å². The molecule has 0 unspecified atom stereocenters. The molecule has 0 atom stereocenters. The van der Waals surface area contributed by atoms with E-state index in [9.17, 15) is 4.79 Å². The summed E-state index contributed by atoms with van der Waals surface area (Å²) >= 11 is 11.8. The van der Waals surface area contributed by atoms with Crippen molar-refractivity contribution in [2.24, 2.45) is 5.84 Å². The quantitative estimate of drug-likeness (QED) is 0.516. The van der Waals surface area contributed by atoms with Gasteiger partial charge in [-0.3, -0.25) is 10.2 Å². The van der Waals surface area contributed by atoms with Gasteiger partial charge < -0.3 is 9.15 Å². The van der Waals surface area contributed by atoms with E-state index in [1.165, 1.54) is 0 Å². The van der Waals surface area contributed by atoms with Crippen LogP contribution in [-0.2, 0) is 6.61 Å². The number of nitrogen functional groups attached to an aromatic ring is 1. The van der Waals surface area contributed by atoms with Gasteiger partial charge in [-0.25, -0.2) is 5.84 Å². The third-order valence-electron chi connectivity index (χ3n) is 2.65. The molecule has 0 aliphatic rings. The lowest BCUT2D eigenvalue weighted by Crippen LogP contribution is -2.29. The van der Waals surface area contributed by atoms with Gasteiger partial charge in [0.2, 0.25) is 0 Å². The normalized spacial score (nSPS) is 10.4. The summed E-state index contributed by atoms with van der Waals surface area (Å²) < 4.78 is 10.9. The highest BCUT2D eigenvalue weighted by Crippen LogP contribution is 2.28. The van der Waals surface area contributed by atoms with Gasteiger partial charge in [-0.15, -0.1) is 0 Å². The van der Waals surface area contributed by atoms with Crippen LogP contribution < -0.4 is 16.0 Å². The summed E-state index contributed by atoms with van der Waals surface area (Å²) in [5, 5.41) is 0.947. The number of hydrogen-bond acceptors (Lipinski definition) is 4. The van der Waals surface area contributed by atoms with Crippen molar-refractivity contribution in [3.63, 3.8) is 0 Å². The fourth-order valence-electron chi connectivity index (χ4n) is 1.59. The first-order valence-corrected chi connectivity index (χ1v) is 6.45. The van der Waals surface area contributed by atoms with Crippen LogP contribution in [0.25, 0.3) is 0 Å². The zero-order chi connectivity index (χ0) is 14.7. The molecule has 20 heavy (non-hydrogen) atoms. The minimum Gasteiger partial charge on any atom is -0.487 e. The van der Waals surface area contributed by atoms with Crippen LogP contribution in [0, 0.1) is 6.92 Å². The highest BCUT2D eigenvalue weighted by molar-refractivity contribution is 6.35. The molecule has 5 nitrogen and oxygen atoms in total. The van der Waals surface area contributed by atoms with Crippen molar-refractivity contribution in [1.29, 1.82) is 0 Å². The summed E-state index contributed by atoms with van der Waals surface area (Å²) in [6, 6.07) is 6.52. The van der Waals surface area contributed by atoms with Crippen molar-refractivity contribution < 1.29 is 13.9 Å². The summed E-state index contributed by atoms with van der Waals surface area (Å²) in [4.78, 5) is 11.3. The Morgan fingerprint density at radius 1 is 1.40 bits per heavy atom. The van der Waals surface area contributed by atoms with Gasteiger partial charge in [0.15, 0.2) is 5.76 Å². The number of carbonyl (C=O) groups excluding carboxylic acids is 1. The van der Waals surface area contributed by atoms with Crippen molar-refractivity contribution in [2.75, 3.05) is 0 Å². The van der Waals surface area contributed by atoms with E-state index < -0.39 is 5.91 Å². The number of halogens is 2. The van der Waals surface area contributed by atoms with Crippen LogP contribution in [0.2, 0.25) is 10.0 Å². The number of amides is 1. The molecule has 0 radical (unpaired) electrons. The lowest BCUT2D eigenvalue weighted by Gasteiger charge is -2.07. The van der Waals surface area contributed by atoms with Crippen molar-refractivity contribution in [2.45, 2.75) is 13.5 Å². The number of nitrogens with one attached hydrogen (secondary N) is 1. The maximum atomic E-state index is 11.3. The van der Waals surface area contributed by atoms with Crippen LogP contribution in [0.3, 0.4) is 0 Å². The number of benzene rings is 1. The molecule has 1 aromatic heterocycles. The molecule has 0 spiro atoms. The fraction of sp³-hybridized carbons (Fsp3) is 0.154. The second-order valence-electron chi connectivity index (χ2n) is 4.03. The van der Waals surface area contributed by atoms with E-state index in [1.807, 2.05) is 5.43 Å². The zero-order valence-electron chi connectivity index (χ0n) is 10.6. The molecule has 3 N–H and O–H groups in total. The maximum absolute atomic E-state index is 11.3. The molecule has 0 fully saturated rings. The first-order valence-electron chi connectivity index (χ1n) is 5.69. The predicted molar refractivity (Wildman–Crippen MR) is 75.9 cm³/mol. The highest BCUT2D eigenvalue weighted by atomic mass is 35.5. The van der Waals surface area contributed by atoms with Crippen molar-refractivity contribution in [1.82, 2.24) is 5.43 Å². The molecule has 0 aliphatic heterocycles. The van der Waals surface area contributed by atoms with Gasteiger partial charge in [-0.05, 0) is 31.2 Å². The number of nitrogens with two attached hydrogens (primary N) is 1. The van der Waals surface area contributed by atoms with E-state index in [0.717, 1.165) is 5.56 Å². The molecule has 106 valence electrons. The molecule has 1 aromatic carbocycles. The van der Waals surface area contributed by atoms with Gasteiger partial charge in [0, 0.05) is 10.6 Å². The number of furan rings is 1. The Kier molecular flexibility index (Phi) is 4.54. The Hall–Kier alpha value is -1.69. The van der Waals surface area contributed by atoms with Crippen LogP contribution in [0.5, 0.6) is 5.75 Å². The predicted octanol–water partition coefficient (Wildman–Crippen LogP) is 3.08. The van der Waals surface area contributed by atoms with Crippen molar-refractivity contribution >= 4 is 29.1 Å². The summed E-state index contributed by atoms with van der Waals surface area (Å²) in [6.07, 6.45) is 0. The third kappa shape index (κ3) is 3.25. The molecule has 0 saturated heterocycles. The second kappa shape index (κ2) is 6.17. The molecule has 0 bridgehead atoms.